The lowest BCUT2D eigenvalue weighted by Crippen LogP contribution is -2.26. The molecule has 2 aromatic heterocycles. The second-order valence-electron chi connectivity index (χ2n) is 6.33. The van der Waals surface area contributed by atoms with Crippen molar-refractivity contribution < 1.29 is 4.39 Å². The Balaban J connectivity index is 1.82. The fourth-order valence-electron chi connectivity index (χ4n) is 3.62. The second kappa shape index (κ2) is 5.04. The van der Waals surface area contributed by atoms with Crippen molar-refractivity contribution in [3.63, 3.8) is 0 Å². The van der Waals surface area contributed by atoms with Crippen LogP contribution in [0.4, 0.5) is 10.2 Å². The average Bonchev–Trinajstić information content (AvgIpc) is 2.95. The zero-order chi connectivity index (χ0) is 16.4. The molecule has 5 nitrogen and oxygen atoms in total. The molecule has 3 heterocycles. The summed E-state index contributed by atoms with van der Waals surface area (Å²) >= 11 is 12.7. The van der Waals surface area contributed by atoms with Crippen LogP contribution in [0.15, 0.2) is 24.5 Å². The number of fused-ring (bicyclic) bond motifs is 2. The van der Waals surface area contributed by atoms with E-state index in [1.807, 2.05) is 0 Å². The number of anilines is 1. The maximum absolute atomic E-state index is 14.6. The lowest BCUT2D eigenvalue weighted by molar-refractivity contribution is 0.631. The van der Waals surface area contributed by atoms with Crippen LogP contribution < -0.4 is 4.90 Å². The highest BCUT2D eigenvalue weighted by atomic mass is 35.5. The molecule has 0 radical (unpaired) electrons. The molecule has 1 saturated carbocycles. The van der Waals surface area contributed by atoms with Crippen LogP contribution >= 0.6 is 23.2 Å². The average molecular weight is 364 g/mol. The highest BCUT2D eigenvalue weighted by Crippen LogP contribution is 2.49. The fraction of sp³-hybridized carbons (Fsp3) is 0.312. The summed E-state index contributed by atoms with van der Waals surface area (Å²) < 4.78 is 16.2. The van der Waals surface area contributed by atoms with Gasteiger partial charge in [-0.2, -0.15) is 19.6 Å². The SMILES string of the molecule is Fc1cccc(Cl)c1-c1c(Cl)nc2ncnn2c1N1CC2CC2C1. The Morgan fingerprint density at radius 2 is 1.92 bits per heavy atom. The first-order valence-electron chi connectivity index (χ1n) is 7.72. The van der Waals surface area contributed by atoms with Gasteiger partial charge in [-0.3, -0.25) is 0 Å². The Kier molecular flexibility index (Phi) is 3.03. The Bertz CT molecular complexity index is 942. The van der Waals surface area contributed by atoms with E-state index in [1.54, 1.807) is 16.6 Å². The number of halogens is 3. The van der Waals surface area contributed by atoms with Crippen LogP contribution in [0.2, 0.25) is 10.2 Å². The van der Waals surface area contributed by atoms with Crippen molar-refractivity contribution in [3.05, 3.63) is 40.5 Å². The van der Waals surface area contributed by atoms with Gasteiger partial charge in [-0.1, -0.05) is 29.3 Å². The minimum atomic E-state index is -0.434. The van der Waals surface area contributed by atoms with Gasteiger partial charge in [-0.25, -0.2) is 4.39 Å². The number of piperidine rings is 1. The Labute approximate surface area is 147 Å². The molecule has 0 N–H and O–H groups in total. The fourth-order valence-corrected chi connectivity index (χ4v) is 4.13. The highest BCUT2D eigenvalue weighted by Gasteiger charge is 2.46. The molecule has 0 spiro atoms. The summed E-state index contributed by atoms with van der Waals surface area (Å²) in [7, 11) is 0. The maximum Gasteiger partial charge on any atom is 0.255 e. The molecule has 2 fully saturated rings. The van der Waals surface area contributed by atoms with Gasteiger partial charge >= 0.3 is 0 Å². The van der Waals surface area contributed by atoms with E-state index in [0.29, 0.717) is 34.0 Å². The van der Waals surface area contributed by atoms with Crippen LogP contribution in [0, 0.1) is 17.7 Å². The van der Waals surface area contributed by atoms with Gasteiger partial charge in [-0.15, -0.1) is 0 Å². The number of rotatable bonds is 2. The summed E-state index contributed by atoms with van der Waals surface area (Å²) in [5.74, 6) is 2.06. The Hall–Kier alpha value is -1.92. The first kappa shape index (κ1) is 14.4. The number of benzene rings is 1. The molecular formula is C16H12Cl2FN5. The smallest absolute Gasteiger partial charge is 0.255 e. The van der Waals surface area contributed by atoms with E-state index in [1.165, 1.54) is 18.8 Å². The largest absolute Gasteiger partial charge is 0.355 e. The monoisotopic (exact) mass is 363 g/mol. The zero-order valence-corrected chi connectivity index (χ0v) is 14.0. The van der Waals surface area contributed by atoms with E-state index in [9.17, 15) is 4.39 Å². The quantitative estimate of drug-likeness (QED) is 0.651. The van der Waals surface area contributed by atoms with Crippen molar-refractivity contribution in [1.82, 2.24) is 19.6 Å². The van der Waals surface area contributed by atoms with Gasteiger partial charge in [0.1, 0.15) is 23.1 Å². The molecule has 122 valence electrons. The maximum atomic E-state index is 14.6. The van der Waals surface area contributed by atoms with Gasteiger partial charge < -0.3 is 4.90 Å². The molecule has 1 saturated heterocycles. The summed E-state index contributed by atoms with van der Waals surface area (Å²) in [4.78, 5) is 10.6. The van der Waals surface area contributed by atoms with Crippen LogP contribution in [0.3, 0.4) is 0 Å². The number of hydrogen-bond acceptors (Lipinski definition) is 4. The van der Waals surface area contributed by atoms with Crippen LogP contribution in [-0.4, -0.2) is 32.7 Å². The van der Waals surface area contributed by atoms with Crippen molar-refractivity contribution in [3.8, 4) is 11.1 Å². The lowest BCUT2D eigenvalue weighted by Gasteiger charge is -2.24. The van der Waals surface area contributed by atoms with E-state index in [2.05, 4.69) is 20.0 Å². The van der Waals surface area contributed by atoms with E-state index in [4.69, 9.17) is 23.2 Å². The van der Waals surface area contributed by atoms with E-state index in [0.717, 1.165) is 13.1 Å². The van der Waals surface area contributed by atoms with E-state index >= 15 is 0 Å². The third kappa shape index (κ3) is 2.03. The lowest BCUT2D eigenvalue weighted by atomic mass is 10.1. The molecule has 8 heteroatoms. The van der Waals surface area contributed by atoms with Crippen LogP contribution in [-0.2, 0) is 0 Å². The van der Waals surface area contributed by atoms with Gasteiger partial charge in [0, 0.05) is 18.7 Å². The van der Waals surface area contributed by atoms with Crippen molar-refractivity contribution in [2.75, 3.05) is 18.0 Å². The van der Waals surface area contributed by atoms with Crippen molar-refractivity contribution in [2.45, 2.75) is 6.42 Å². The molecule has 0 amide bonds. The van der Waals surface area contributed by atoms with E-state index < -0.39 is 5.82 Å². The molecule has 2 aliphatic rings. The standard InChI is InChI=1S/C16H12Cl2FN5/c17-10-2-1-3-11(19)12(10)13-14(18)22-16-20-7-21-24(16)15(13)23-5-8-4-9(8)6-23/h1-3,7-9H,4-6H2. The normalized spacial score (nSPS) is 22.2. The molecule has 1 aliphatic carbocycles. The summed E-state index contributed by atoms with van der Waals surface area (Å²) in [5, 5.41) is 4.74. The molecule has 1 aliphatic heterocycles. The van der Waals surface area contributed by atoms with Gasteiger partial charge in [0.05, 0.1) is 10.6 Å². The Morgan fingerprint density at radius 1 is 1.12 bits per heavy atom. The molecule has 0 bridgehead atoms. The number of nitrogens with zero attached hydrogens (tertiary/aromatic N) is 5. The second-order valence-corrected chi connectivity index (χ2v) is 7.10. The topological polar surface area (TPSA) is 46.3 Å². The molecule has 2 atom stereocenters. The highest BCUT2D eigenvalue weighted by molar-refractivity contribution is 6.36. The third-order valence-corrected chi connectivity index (χ3v) is 5.44. The molecule has 5 rings (SSSR count). The van der Waals surface area contributed by atoms with E-state index in [-0.39, 0.29) is 10.7 Å². The minimum absolute atomic E-state index is 0.179. The van der Waals surface area contributed by atoms with Crippen molar-refractivity contribution >= 4 is 34.8 Å². The molecule has 3 aromatic rings. The van der Waals surface area contributed by atoms with Gasteiger partial charge in [0.2, 0.25) is 0 Å². The van der Waals surface area contributed by atoms with Crippen LogP contribution in [0.5, 0.6) is 0 Å². The predicted octanol–water partition coefficient (Wildman–Crippen LogP) is 3.69. The summed E-state index contributed by atoms with van der Waals surface area (Å²) in [5.41, 5.74) is 0.726. The van der Waals surface area contributed by atoms with Crippen LogP contribution in [0.1, 0.15) is 6.42 Å². The predicted molar refractivity (Wildman–Crippen MR) is 90.0 cm³/mol. The number of aromatic nitrogens is 4. The van der Waals surface area contributed by atoms with Gasteiger partial charge in [-0.05, 0) is 30.4 Å². The zero-order valence-electron chi connectivity index (χ0n) is 12.5. The summed E-state index contributed by atoms with van der Waals surface area (Å²) in [6.45, 7) is 1.80. The molecule has 1 aromatic carbocycles. The Morgan fingerprint density at radius 3 is 2.67 bits per heavy atom. The molecular weight excluding hydrogens is 352 g/mol. The first-order chi connectivity index (χ1) is 11.6. The minimum Gasteiger partial charge on any atom is -0.355 e. The number of hydrogen-bond donors (Lipinski definition) is 0. The summed E-state index contributed by atoms with van der Waals surface area (Å²) in [6, 6.07) is 4.59. The first-order valence-corrected chi connectivity index (χ1v) is 8.47. The van der Waals surface area contributed by atoms with Crippen molar-refractivity contribution in [2.24, 2.45) is 11.8 Å². The van der Waals surface area contributed by atoms with Crippen LogP contribution in [0.25, 0.3) is 16.9 Å². The molecule has 24 heavy (non-hydrogen) atoms. The molecule has 2 unspecified atom stereocenters. The third-order valence-electron chi connectivity index (χ3n) is 4.85. The van der Waals surface area contributed by atoms with Gasteiger partial charge in [0.25, 0.3) is 5.78 Å². The van der Waals surface area contributed by atoms with Crippen molar-refractivity contribution in [1.29, 1.82) is 0 Å². The summed E-state index contributed by atoms with van der Waals surface area (Å²) in [6.07, 6.45) is 2.68. The van der Waals surface area contributed by atoms with Gasteiger partial charge in [0.15, 0.2) is 0 Å².